The molecule has 0 amide bonds. The van der Waals surface area contributed by atoms with Gasteiger partial charge in [0.1, 0.15) is 17.5 Å². The Kier molecular flexibility index (Phi) is 3.28. The second-order valence-corrected chi connectivity index (χ2v) is 3.98. The van der Waals surface area contributed by atoms with E-state index in [9.17, 15) is 0 Å². The van der Waals surface area contributed by atoms with Crippen LogP contribution >= 0.6 is 0 Å². The molecule has 0 spiro atoms. The number of nitrogens with two attached hydrogens (primary N) is 1. The van der Waals surface area contributed by atoms with Crippen molar-refractivity contribution in [1.29, 1.82) is 5.26 Å². The van der Waals surface area contributed by atoms with Gasteiger partial charge in [0.25, 0.3) is 5.78 Å². The fourth-order valence-electron chi connectivity index (χ4n) is 1.64. The number of hydrogen-bond acceptors (Lipinski definition) is 6. The Morgan fingerprint density at radius 3 is 2.89 bits per heavy atom. The summed E-state index contributed by atoms with van der Waals surface area (Å²) in [5.74, 6) is 1.72. The normalized spacial score (nSPS) is 10.5. The quantitative estimate of drug-likeness (QED) is 0.781. The third-order valence-electron chi connectivity index (χ3n) is 2.56. The summed E-state index contributed by atoms with van der Waals surface area (Å²) in [5, 5.41) is 16.4. The third-order valence-corrected chi connectivity index (χ3v) is 2.56. The van der Waals surface area contributed by atoms with E-state index in [1.54, 1.807) is 6.92 Å². The molecule has 0 bridgehead atoms. The van der Waals surface area contributed by atoms with Crippen LogP contribution in [-0.2, 0) is 0 Å². The van der Waals surface area contributed by atoms with Crippen molar-refractivity contribution in [2.75, 3.05) is 17.6 Å². The molecule has 94 valence electrons. The fraction of sp³-hybridized carbons (Fsp3) is 0.455. The number of nitrogens with zero attached hydrogens (tertiary/aromatic N) is 5. The van der Waals surface area contributed by atoms with Crippen molar-refractivity contribution in [2.24, 2.45) is 0 Å². The lowest BCUT2D eigenvalue weighted by Crippen LogP contribution is -2.11. The molecule has 0 radical (unpaired) electrons. The van der Waals surface area contributed by atoms with Gasteiger partial charge in [0, 0.05) is 6.54 Å². The van der Waals surface area contributed by atoms with E-state index >= 15 is 0 Å². The molecule has 2 rings (SSSR count). The Labute approximate surface area is 105 Å². The topological polar surface area (TPSA) is 105 Å². The largest absolute Gasteiger partial charge is 0.382 e. The van der Waals surface area contributed by atoms with Crippen molar-refractivity contribution in [1.82, 2.24) is 19.6 Å². The van der Waals surface area contributed by atoms with Gasteiger partial charge < -0.3 is 11.1 Å². The van der Waals surface area contributed by atoms with E-state index < -0.39 is 0 Å². The number of hydrogen-bond donors (Lipinski definition) is 2. The van der Waals surface area contributed by atoms with Gasteiger partial charge in [-0.1, -0.05) is 13.3 Å². The minimum Gasteiger partial charge on any atom is -0.382 e. The Morgan fingerprint density at radius 2 is 2.22 bits per heavy atom. The van der Waals surface area contributed by atoms with E-state index in [4.69, 9.17) is 11.0 Å². The van der Waals surface area contributed by atoms with Crippen molar-refractivity contribution < 1.29 is 0 Å². The summed E-state index contributed by atoms with van der Waals surface area (Å²) in [6.07, 6.45) is 2.07. The first-order valence-corrected chi connectivity index (χ1v) is 5.84. The van der Waals surface area contributed by atoms with Crippen LogP contribution in [0.25, 0.3) is 5.78 Å². The lowest BCUT2D eigenvalue weighted by Gasteiger charge is -2.08. The number of unbranched alkanes of at least 4 members (excludes halogenated alkanes) is 1. The number of nitrogen functional groups attached to an aromatic ring is 1. The number of aryl methyl sites for hydroxylation is 1. The molecule has 0 aromatic carbocycles. The Morgan fingerprint density at radius 1 is 1.44 bits per heavy atom. The summed E-state index contributed by atoms with van der Waals surface area (Å²) in [4.78, 5) is 8.42. The van der Waals surface area contributed by atoms with Gasteiger partial charge in [0.2, 0.25) is 0 Å². The summed E-state index contributed by atoms with van der Waals surface area (Å²) in [7, 11) is 0. The average molecular weight is 245 g/mol. The maximum absolute atomic E-state index is 9.15. The highest BCUT2D eigenvalue weighted by Gasteiger charge is 2.14. The van der Waals surface area contributed by atoms with Crippen molar-refractivity contribution >= 4 is 17.4 Å². The van der Waals surface area contributed by atoms with Gasteiger partial charge in [-0.05, 0) is 13.3 Å². The fourth-order valence-corrected chi connectivity index (χ4v) is 1.64. The molecule has 7 heteroatoms. The van der Waals surface area contributed by atoms with E-state index in [1.165, 1.54) is 4.52 Å². The first-order chi connectivity index (χ1) is 8.67. The van der Waals surface area contributed by atoms with Crippen LogP contribution in [0.1, 0.15) is 31.2 Å². The van der Waals surface area contributed by atoms with Gasteiger partial charge in [-0.2, -0.15) is 19.7 Å². The molecule has 0 aliphatic heterocycles. The second kappa shape index (κ2) is 4.87. The highest BCUT2D eigenvalue weighted by atomic mass is 15.4. The molecule has 2 aromatic heterocycles. The van der Waals surface area contributed by atoms with Gasteiger partial charge in [0.05, 0.1) is 0 Å². The summed E-state index contributed by atoms with van der Waals surface area (Å²) in [6, 6.07) is 2.05. The van der Waals surface area contributed by atoms with E-state index in [2.05, 4.69) is 33.4 Å². The smallest absolute Gasteiger partial charge is 0.256 e. The SMILES string of the molecule is CCCCNc1nc2nc(C)nn2c(N)c1C#N. The second-order valence-electron chi connectivity index (χ2n) is 3.98. The molecule has 0 fully saturated rings. The average Bonchev–Trinajstić information content (AvgIpc) is 2.71. The van der Waals surface area contributed by atoms with Crippen LogP contribution in [0.4, 0.5) is 11.6 Å². The summed E-state index contributed by atoms with van der Waals surface area (Å²) >= 11 is 0. The molecule has 2 heterocycles. The van der Waals surface area contributed by atoms with Crippen LogP contribution in [0.15, 0.2) is 0 Å². The number of aromatic nitrogens is 4. The van der Waals surface area contributed by atoms with Crippen LogP contribution in [0.3, 0.4) is 0 Å². The number of anilines is 2. The van der Waals surface area contributed by atoms with Gasteiger partial charge >= 0.3 is 0 Å². The number of fused-ring (bicyclic) bond motifs is 1. The molecule has 0 saturated carbocycles. The Hall–Kier alpha value is -2.36. The molecule has 0 aliphatic carbocycles. The molecule has 0 atom stereocenters. The predicted molar refractivity (Wildman–Crippen MR) is 68.0 cm³/mol. The zero-order valence-electron chi connectivity index (χ0n) is 10.4. The van der Waals surface area contributed by atoms with Gasteiger partial charge in [-0.15, -0.1) is 5.10 Å². The highest BCUT2D eigenvalue weighted by Crippen LogP contribution is 2.20. The summed E-state index contributed by atoms with van der Waals surface area (Å²) in [5.41, 5.74) is 6.21. The highest BCUT2D eigenvalue weighted by molar-refractivity contribution is 5.66. The lowest BCUT2D eigenvalue weighted by molar-refractivity contribution is 0.829. The zero-order valence-corrected chi connectivity index (χ0v) is 10.4. The first-order valence-electron chi connectivity index (χ1n) is 5.84. The van der Waals surface area contributed by atoms with Gasteiger partial charge in [-0.3, -0.25) is 0 Å². The maximum Gasteiger partial charge on any atom is 0.256 e. The maximum atomic E-state index is 9.15. The lowest BCUT2D eigenvalue weighted by atomic mass is 10.3. The Balaban J connectivity index is 2.48. The molecule has 2 aromatic rings. The van der Waals surface area contributed by atoms with E-state index in [0.29, 0.717) is 23.0 Å². The zero-order chi connectivity index (χ0) is 13.1. The molecule has 0 saturated heterocycles. The number of nitrogens with one attached hydrogen (secondary N) is 1. The van der Waals surface area contributed by atoms with Crippen LogP contribution in [0.5, 0.6) is 0 Å². The minimum absolute atomic E-state index is 0.266. The molecule has 18 heavy (non-hydrogen) atoms. The summed E-state index contributed by atoms with van der Waals surface area (Å²) in [6.45, 7) is 4.60. The Bertz CT molecular complexity index is 608. The predicted octanol–water partition coefficient (Wildman–Crippen LogP) is 1.10. The van der Waals surface area contributed by atoms with Crippen LogP contribution in [0, 0.1) is 18.3 Å². The van der Waals surface area contributed by atoms with Crippen molar-refractivity contribution in [3.8, 4) is 6.07 Å². The van der Waals surface area contributed by atoms with Crippen molar-refractivity contribution in [3.05, 3.63) is 11.4 Å². The molecule has 0 aliphatic rings. The van der Waals surface area contributed by atoms with Crippen LogP contribution < -0.4 is 11.1 Å². The van der Waals surface area contributed by atoms with Gasteiger partial charge in [0.15, 0.2) is 11.6 Å². The van der Waals surface area contributed by atoms with E-state index in [-0.39, 0.29) is 5.82 Å². The van der Waals surface area contributed by atoms with Crippen molar-refractivity contribution in [2.45, 2.75) is 26.7 Å². The summed E-state index contributed by atoms with van der Waals surface area (Å²) < 4.78 is 1.39. The minimum atomic E-state index is 0.266. The number of nitriles is 1. The number of rotatable bonds is 4. The van der Waals surface area contributed by atoms with E-state index in [1.807, 2.05) is 0 Å². The van der Waals surface area contributed by atoms with Crippen LogP contribution in [0.2, 0.25) is 0 Å². The molecule has 7 nitrogen and oxygen atoms in total. The monoisotopic (exact) mass is 245 g/mol. The van der Waals surface area contributed by atoms with E-state index in [0.717, 1.165) is 19.4 Å². The van der Waals surface area contributed by atoms with Gasteiger partial charge in [-0.25, -0.2) is 0 Å². The molecule has 3 N–H and O–H groups in total. The molecule has 0 unspecified atom stereocenters. The third kappa shape index (κ3) is 2.05. The first kappa shape index (κ1) is 12.1. The molecular formula is C11H15N7. The standard InChI is InChI=1S/C11H15N7/c1-3-4-5-14-10-8(6-12)9(13)18-11(16-10)15-7(2)17-18/h3-5,13H2,1-2H3,(H,14,15,16,17). The van der Waals surface area contributed by atoms with Crippen LogP contribution in [-0.4, -0.2) is 26.1 Å². The molecular weight excluding hydrogens is 230 g/mol. The van der Waals surface area contributed by atoms with Crippen molar-refractivity contribution in [3.63, 3.8) is 0 Å².